The number of rotatable bonds is 6. The summed E-state index contributed by atoms with van der Waals surface area (Å²) in [5.74, 6) is -1.09. The lowest BCUT2D eigenvalue weighted by molar-refractivity contribution is -0.387. The average Bonchev–Trinajstić information content (AvgIpc) is 2.46. The number of hydrogen-bond donors (Lipinski definition) is 0. The third kappa shape index (κ3) is 4.20. The Labute approximate surface area is 132 Å². The van der Waals surface area contributed by atoms with Crippen LogP contribution in [0.2, 0.25) is 0 Å². The fourth-order valence-electron chi connectivity index (χ4n) is 1.74. The van der Waals surface area contributed by atoms with E-state index in [2.05, 4.69) is 4.74 Å². The molecule has 0 spiro atoms. The van der Waals surface area contributed by atoms with Crippen molar-refractivity contribution in [3.8, 4) is 0 Å². The average molecular weight is 327 g/mol. The van der Waals surface area contributed by atoms with Gasteiger partial charge in [0.15, 0.2) is 0 Å². The number of nitrogens with zero attached hydrogens (tertiary/aromatic N) is 1. The zero-order valence-electron chi connectivity index (χ0n) is 12.7. The van der Waals surface area contributed by atoms with Crippen molar-refractivity contribution < 1.29 is 24.0 Å². The number of benzene rings is 1. The van der Waals surface area contributed by atoms with E-state index in [-0.39, 0.29) is 17.9 Å². The minimum Gasteiger partial charge on any atom is -0.465 e. The van der Waals surface area contributed by atoms with Gasteiger partial charge in [-0.1, -0.05) is 0 Å². The number of nitro benzene ring substituents is 1. The Hall–Kier alpha value is -2.09. The zero-order chi connectivity index (χ0) is 16.9. The van der Waals surface area contributed by atoms with Gasteiger partial charge in [0.25, 0.3) is 5.69 Å². The van der Waals surface area contributed by atoms with Gasteiger partial charge >= 0.3 is 11.9 Å². The molecule has 0 aliphatic carbocycles. The van der Waals surface area contributed by atoms with Crippen molar-refractivity contribution in [2.75, 3.05) is 13.7 Å². The van der Waals surface area contributed by atoms with E-state index in [0.29, 0.717) is 10.5 Å². The molecular formula is C14H17NO6S. The third-order valence-corrected chi connectivity index (χ3v) is 3.96. The molecule has 0 heterocycles. The van der Waals surface area contributed by atoms with Gasteiger partial charge in [0.1, 0.15) is 5.25 Å². The van der Waals surface area contributed by atoms with Gasteiger partial charge in [0, 0.05) is 6.07 Å². The second kappa shape index (κ2) is 7.79. The van der Waals surface area contributed by atoms with Crippen LogP contribution in [0.4, 0.5) is 5.69 Å². The Balaban J connectivity index is 3.19. The van der Waals surface area contributed by atoms with Crippen LogP contribution in [0.25, 0.3) is 0 Å². The first-order valence-electron chi connectivity index (χ1n) is 6.52. The third-order valence-electron chi connectivity index (χ3n) is 2.83. The highest BCUT2D eigenvalue weighted by atomic mass is 32.2. The van der Waals surface area contributed by atoms with Crippen LogP contribution in [0.5, 0.6) is 0 Å². The highest BCUT2D eigenvalue weighted by molar-refractivity contribution is 8.00. The smallest absolute Gasteiger partial charge is 0.338 e. The standard InChI is InChI=1S/C14H17NO6S/c1-5-21-13(16)9(3)22-12-6-8(2)10(14(17)20-4)7-11(12)15(18)19/h6-7,9H,5H2,1-4H3. The monoisotopic (exact) mass is 327 g/mol. The molecule has 0 aromatic heterocycles. The van der Waals surface area contributed by atoms with Gasteiger partial charge in [-0.2, -0.15) is 0 Å². The van der Waals surface area contributed by atoms with Crippen LogP contribution in [0.15, 0.2) is 17.0 Å². The Morgan fingerprint density at radius 1 is 1.41 bits per heavy atom. The maximum absolute atomic E-state index is 11.6. The van der Waals surface area contributed by atoms with E-state index in [4.69, 9.17) is 4.74 Å². The molecule has 22 heavy (non-hydrogen) atoms. The summed E-state index contributed by atoms with van der Waals surface area (Å²) in [7, 11) is 1.21. The van der Waals surface area contributed by atoms with Crippen LogP contribution in [0.1, 0.15) is 29.8 Å². The van der Waals surface area contributed by atoms with E-state index in [9.17, 15) is 19.7 Å². The van der Waals surface area contributed by atoms with E-state index in [1.807, 2.05) is 0 Å². The number of hydrogen-bond acceptors (Lipinski definition) is 7. The quantitative estimate of drug-likeness (QED) is 0.343. The predicted molar refractivity (Wildman–Crippen MR) is 81.1 cm³/mol. The zero-order valence-corrected chi connectivity index (χ0v) is 13.6. The molecule has 0 saturated heterocycles. The fourth-order valence-corrected chi connectivity index (χ4v) is 2.78. The van der Waals surface area contributed by atoms with Crippen molar-refractivity contribution in [2.45, 2.75) is 30.9 Å². The molecular weight excluding hydrogens is 310 g/mol. The Bertz CT molecular complexity index is 601. The van der Waals surface area contributed by atoms with Crippen molar-refractivity contribution in [3.05, 3.63) is 33.4 Å². The van der Waals surface area contributed by atoms with Gasteiger partial charge in [-0.05, 0) is 32.4 Å². The lowest BCUT2D eigenvalue weighted by Gasteiger charge is -2.12. The summed E-state index contributed by atoms with van der Waals surface area (Å²) in [6.45, 7) is 5.18. The molecule has 0 aliphatic heterocycles. The number of methoxy groups -OCH3 is 1. The molecule has 1 unspecified atom stereocenters. The van der Waals surface area contributed by atoms with Crippen molar-refractivity contribution >= 4 is 29.4 Å². The van der Waals surface area contributed by atoms with Gasteiger partial charge in [-0.3, -0.25) is 14.9 Å². The number of ether oxygens (including phenoxy) is 2. The Kier molecular flexibility index (Phi) is 6.36. The summed E-state index contributed by atoms with van der Waals surface area (Å²) in [4.78, 5) is 34.2. The van der Waals surface area contributed by atoms with Gasteiger partial charge in [0.2, 0.25) is 0 Å². The van der Waals surface area contributed by atoms with E-state index in [1.165, 1.54) is 19.2 Å². The molecule has 7 nitrogen and oxygen atoms in total. The largest absolute Gasteiger partial charge is 0.465 e. The first kappa shape index (κ1) is 18.0. The van der Waals surface area contributed by atoms with Crippen LogP contribution >= 0.6 is 11.8 Å². The van der Waals surface area contributed by atoms with Gasteiger partial charge in [-0.25, -0.2) is 4.79 Å². The molecule has 0 aliphatic rings. The maximum atomic E-state index is 11.6. The molecule has 1 aromatic carbocycles. The van der Waals surface area contributed by atoms with Crippen molar-refractivity contribution in [2.24, 2.45) is 0 Å². The van der Waals surface area contributed by atoms with E-state index in [1.54, 1.807) is 20.8 Å². The Morgan fingerprint density at radius 3 is 2.55 bits per heavy atom. The number of esters is 2. The highest BCUT2D eigenvalue weighted by Crippen LogP contribution is 2.35. The van der Waals surface area contributed by atoms with E-state index in [0.717, 1.165) is 11.8 Å². The summed E-state index contributed by atoms with van der Waals surface area (Å²) >= 11 is 1.02. The molecule has 0 bridgehead atoms. The summed E-state index contributed by atoms with van der Waals surface area (Å²) in [5, 5.41) is 10.6. The van der Waals surface area contributed by atoms with Gasteiger partial charge in [0.05, 0.1) is 29.1 Å². The number of carbonyl (C=O) groups excluding carboxylic acids is 2. The van der Waals surface area contributed by atoms with Crippen LogP contribution in [-0.4, -0.2) is 35.8 Å². The molecule has 0 radical (unpaired) electrons. The molecule has 0 saturated carbocycles. The molecule has 120 valence electrons. The molecule has 0 N–H and O–H groups in total. The molecule has 1 aromatic rings. The summed E-state index contributed by atoms with van der Waals surface area (Å²) in [6, 6.07) is 2.67. The number of nitro groups is 1. The Morgan fingerprint density at radius 2 is 2.05 bits per heavy atom. The first-order chi connectivity index (χ1) is 10.3. The molecule has 0 amide bonds. The maximum Gasteiger partial charge on any atom is 0.338 e. The lowest BCUT2D eigenvalue weighted by Crippen LogP contribution is -2.17. The van der Waals surface area contributed by atoms with Crippen LogP contribution < -0.4 is 0 Å². The number of aryl methyl sites for hydroxylation is 1. The van der Waals surface area contributed by atoms with Crippen LogP contribution in [0, 0.1) is 17.0 Å². The van der Waals surface area contributed by atoms with E-state index < -0.39 is 22.1 Å². The minimum atomic E-state index is -0.643. The highest BCUT2D eigenvalue weighted by Gasteiger charge is 2.25. The first-order valence-corrected chi connectivity index (χ1v) is 7.40. The molecule has 1 atom stereocenters. The second-order valence-corrected chi connectivity index (χ2v) is 5.78. The number of carbonyl (C=O) groups is 2. The van der Waals surface area contributed by atoms with Gasteiger partial charge in [-0.15, -0.1) is 11.8 Å². The predicted octanol–water partition coefficient (Wildman–Crippen LogP) is 2.73. The molecule has 1 rings (SSSR count). The summed E-state index contributed by atoms with van der Waals surface area (Å²) in [5.41, 5.74) is 0.422. The fraction of sp³-hybridized carbons (Fsp3) is 0.429. The molecule has 8 heteroatoms. The van der Waals surface area contributed by atoms with Crippen molar-refractivity contribution in [1.29, 1.82) is 0 Å². The normalized spacial score (nSPS) is 11.6. The SMILES string of the molecule is CCOC(=O)C(C)Sc1cc(C)c(C(=O)OC)cc1[N+](=O)[O-]. The van der Waals surface area contributed by atoms with E-state index >= 15 is 0 Å². The minimum absolute atomic E-state index is 0.127. The lowest BCUT2D eigenvalue weighted by atomic mass is 10.1. The summed E-state index contributed by atoms with van der Waals surface area (Å²) in [6.07, 6.45) is 0. The van der Waals surface area contributed by atoms with Crippen molar-refractivity contribution in [3.63, 3.8) is 0 Å². The van der Waals surface area contributed by atoms with Crippen molar-refractivity contribution in [1.82, 2.24) is 0 Å². The topological polar surface area (TPSA) is 95.7 Å². The van der Waals surface area contributed by atoms with Crippen LogP contribution in [0.3, 0.4) is 0 Å². The second-order valence-electron chi connectivity index (χ2n) is 4.40. The van der Waals surface area contributed by atoms with Crippen LogP contribution in [-0.2, 0) is 14.3 Å². The number of thioether (sulfide) groups is 1. The van der Waals surface area contributed by atoms with Gasteiger partial charge < -0.3 is 9.47 Å². The molecule has 0 fully saturated rings. The summed E-state index contributed by atoms with van der Waals surface area (Å²) < 4.78 is 9.48.